The number of carbonyl (C=O) groups excluding carboxylic acids is 1. The number of thiazole rings is 1. The van der Waals surface area contributed by atoms with Gasteiger partial charge in [0.05, 0.1) is 10.7 Å². The molecule has 0 radical (unpaired) electrons. The molecule has 6 heteroatoms. The van der Waals surface area contributed by atoms with Gasteiger partial charge in [-0.25, -0.2) is 4.98 Å². The first kappa shape index (κ1) is 13.8. The Labute approximate surface area is 117 Å². The highest BCUT2D eigenvalue weighted by molar-refractivity contribution is 7.13. The number of aromatic nitrogens is 1. The second kappa shape index (κ2) is 5.99. The van der Waals surface area contributed by atoms with E-state index < -0.39 is 0 Å². The molecule has 2 heterocycles. The highest BCUT2D eigenvalue weighted by atomic mass is 35.5. The molecular weight excluding hydrogens is 270 g/mol. The average Bonchev–Trinajstić information content (AvgIpc) is 2.69. The largest absolute Gasteiger partial charge is 0.335 e. The molecule has 0 unspecified atom stereocenters. The molecule has 100 valence electrons. The van der Waals surface area contributed by atoms with E-state index in [4.69, 9.17) is 11.6 Å². The molecule has 1 aliphatic rings. The lowest BCUT2D eigenvalue weighted by Crippen LogP contribution is -2.49. The maximum atomic E-state index is 12.4. The van der Waals surface area contributed by atoms with Crippen LogP contribution in [-0.2, 0) is 0 Å². The van der Waals surface area contributed by atoms with Crippen molar-refractivity contribution in [3.63, 3.8) is 0 Å². The van der Waals surface area contributed by atoms with Crippen molar-refractivity contribution in [2.75, 3.05) is 38.6 Å². The lowest BCUT2D eigenvalue weighted by atomic mass is 10.2. The van der Waals surface area contributed by atoms with E-state index in [9.17, 15) is 4.79 Å². The van der Waals surface area contributed by atoms with Crippen LogP contribution >= 0.6 is 22.9 Å². The van der Waals surface area contributed by atoms with Gasteiger partial charge in [-0.05, 0) is 13.8 Å². The Morgan fingerprint density at radius 2 is 2.00 bits per heavy atom. The predicted molar refractivity (Wildman–Crippen MR) is 74.7 cm³/mol. The number of alkyl halides is 1. The minimum Gasteiger partial charge on any atom is -0.335 e. The van der Waals surface area contributed by atoms with Gasteiger partial charge in [0.1, 0.15) is 4.88 Å². The van der Waals surface area contributed by atoms with Gasteiger partial charge in [0.25, 0.3) is 5.91 Å². The van der Waals surface area contributed by atoms with E-state index in [2.05, 4.69) is 9.88 Å². The normalized spacial score (nSPS) is 17.2. The fourth-order valence-corrected chi connectivity index (χ4v) is 3.29. The van der Waals surface area contributed by atoms with Gasteiger partial charge < -0.3 is 4.90 Å². The molecule has 2 rings (SSSR count). The molecule has 1 aliphatic heterocycles. The van der Waals surface area contributed by atoms with Crippen LogP contribution in [0.5, 0.6) is 0 Å². The van der Waals surface area contributed by atoms with Crippen molar-refractivity contribution in [3.8, 4) is 0 Å². The smallest absolute Gasteiger partial charge is 0.265 e. The van der Waals surface area contributed by atoms with Crippen LogP contribution < -0.4 is 0 Å². The van der Waals surface area contributed by atoms with Gasteiger partial charge in [-0.3, -0.25) is 9.69 Å². The number of rotatable bonds is 3. The van der Waals surface area contributed by atoms with Gasteiger partial charge in [0, 0.05) is 38.6 Å². The zero-order valence-corrected chi connectivity index (χ0v) is 12.4. The third kappa shape index (κ3) is 3.02. The van der Waals surface area contributed by atoms with Crippen molar-refractivity contribution in [2.24, 2.45) is 0 Å². The Morgan fingerprint density at radius 3 is 2.50 bits per heavy atom. The van der Waals surface area contributed by atoms with Gasteiger partial charge in [-0.2, -0.15) is 0 Å². The van der Waals surface area contributed by atoms with Crippen LogP contribution in [-0.4, -0.2) is 59.3 Å². The van der Waals surface area contributed by atoms with Gasteiger partial charge in [0.2, 0.25) is 0 Å². The molecule has 1 amide bonds. The number of aryl methyl sites for hydroxylation is 2. The predicted octanol–water partition coefficient (Wildman–Crippen LogP) is 1.76. The van der Waals surface area contributed by atoms with Crippen LogP contribution in [0.2, 0.25) is 0 Å². The summed E-state index contributed by atoms with van der Waals surface area (Å²) in [4.78, 5) is 21.7. The minimum absolute atomic E-state index is 0.128. The van der Waals surface area contributed by atoms with Crippen LogP contribution in [0.4, 0.5) is 0 Å². The molecular formula is C12H18ClN3OS. The number of hydrogen-bond acceptors (Lipinski definition) is 4. The summed E-state index contributed by atoms with van der Waals surface area (Å²) in [6.45, 7) is 8.14. The van der Waals surface area contributed by atoms with E-state index in [1.807, 2.05) is 18.7 Å². The first-order valence-electron chi connectivity index (χ1n) is 6.13. The molecule has 0 N–H and O–H groups in total. The van der Waals surface area contributed by atoms with E-state index in [0.717, 1.165) is 48.3 Å². The van der Waals surface area contributed by atoms with E-state index in [1.165, 1.54) is 11.3 Å². The summed E-state index contributed by atoms with van der Waals surface area (Å²) >= 11 is 7.21. The van der Waals surface area contributed by atoms with Crippen LogP contribution in [0.15, 0.2) is 0 Å². The summed E-state index contributed by atoms with van der Waals surface area (Å²) in [5, 5.41) is 0.955. The zero-order valence-electron chi connectivity index (χ0n) is 10.8. The van der Waals surface area contributed by atoms with E-state index in [0.29, 0.717) is 5.88 Å². The van der Waals surface area contributed by atoms with Crippen LogP contribution in [0.1, 0.15) is 20.4 Å². The monoisotopic (exact) mass is 287 g/mol. The van der Waals surface area contributed by atoms with Crippen LogP contribution in [0.3, 0.4) is 0 Å². The Bertz CT molecular complexity index is 427. The third-order valence-corrected chi connectivity index (χ3v) is 4.39. The molecule has 1 fully saturated rings. The molecule has 0 atom stereocenters. The van der Waals surface area contributed by atoms with Crippen molar-refractivity contribution in [1.82, 2.24) is 14.8 Å². The summed E-state index contributed by atoms with van der Waals surface area (Å²) in [7, 11) is 0. The van der Waals surface area contributed by atoms with Crippen molar-refractivity contribution < 1.29 is 4.79 Å². The first-order chi connectivity index (χ1) is 8.61. The molecule has 1 saturated heterocycles. The van der Waals surface area contributed by atoms with Gasteiger partial charge >= 0.3 is 0 Å². The second-order valence-corrected chi connectivity index (χ2v) is 6.05. The maximum absolute atomic E-state index is 12.4. The summed E-state index contributed by atoms with van der Waals surface area (Å²) in [5.41, 5.74) is 0.852. The lowest BCUT2D eigenvalue weighted by Gasteiger charge is -2.34. The van der Waals surface area contributed by atoms with Gasteiger partial charge in [-0.15, -0.1) is 22.9 Å². The molecule has 0 aromatic carbocycles. The number of piperazine rings is 1. The Kier molecular flexibility index (Phi) is 4.59. The van der Waals surface area contributed by atoms with E-state index in [-0.39, 0.29) is 5.91 Å². The quantitative estimate of drug-likeness (QED) is 0.795. The van der Waals surface area contributed by atoms with Gasteiger partial charge in [-0.1, -0.05) is 0 Å². The first-order valence-corrected chi connectivity index (χ1v) is 7.48. The number of hydrogen-bond donors (Lipinski definition) is 0. The molecule has 0 bridgehead atoms. The van der Waals surface area contributed by atoms with E-state index >= 15 is 0 Å². The fourth-order valence-electron chi connectivity index (χ4n) is 2.17. The summed E-state index contributed by atoms with van der Waals surface area (Å²) in [5.74, 6) is 0.782. The SMILES string of the molecule is Cc1nc(C)c(C(=O)N2CCN(CCCl)CC2)s1. The molecule has 18 heavy (non-hydrogen) atoms. The number of amides is 1. The summed E-state index contributed by atoms with van der Waals surface area (Å²) in [6, 6.07) is 0. The zero-order chi connectivity index (χ0) is 13.1. The molecule has 1 aromatic heterocycles. The molecule has 0 spiro atoms. The fraction of sp³-hybridized carbons (Fsp3) is 0.667. The number of carbonyl (C=O) groups is 1. The van der Waals surface area contributed by atoms with Crippen molar-refractivity contribution in [1.29, 1.82) is 0 Å². The number of nitrogens with zero attached hydrogens (tertiary/aromatic N) is 3. The standard InChI is InChI=1S/C12H18ClN3OS/c1-9-11(18-10(2)14-9)12(17)16-7-5-15(4-3-13)6-8-16/h3-8H2,1-2H3. The highest BCUT2D eigenvalue weighted by Crippen LogP contribution is 2.20. The van der Waals surface area contributed by atoms with Crippen molar-refractivity contribution >= 4 is 28.8 Å². The topological polar surface area (TPSA) is 36.4 Å². The van der Waals surface area contributed by atoms with Gasteiger partial charge in [0.15, 0.2) is 0 Å². The summed E-state index contributed by atoms with van der Waals surface area (Å²) in [6.07, 6.45) is 0. The van der Waals surface area contributed by atoms with Crippen molar-refractivity contribution in [3.05, 3.63) is 15.6 Å². The Hall–Kier alpha value is -0.650. The lowest BCUT2D eigenvalue weighted by molar-refractivity contribution is 0.0648. The average molecular weight is 288 g/mol. The maximum Gasteiger partial charge on any atom is 0.265 e. The molecule has 0 aliphatic carbocycles. The van der Waals surface area contributed by atoms with Crippen LogP contribution in [0.25, 0.3) is 0 Å². The van der Waals surface area contributed by atoms with E-state index in [1.54, 1.807) is 0 Å². The van der Waals surface area contributed by atoms with Crippen molar-refractivity contribution in [2.45, 2.75) is 13.8 Å². The third-order valence-electron chi connectivity index (χ3n) is 3.16. The molecule has 1 aromatic rings. The number of halogens is 1. The molecule has 0 saturated carbocycles. The summed E-state index contributed by atoms with van der Waals surface area (Å²) < 4.78 is 0. The Balaban J connectivity index is 1.97. The Morgan fingerprint density at radius 1 is 1.33 bits per heavy atom. The van der Waals surface area contributed by atoms with Crippen LogP contribution in [0, 0.1) is 13.8 Å². The highest BCUT2D eigenvalue weighted by Gasteiger charge is 2.24. The minimum atomic E-state index is 0.128. The molecule has 4 nitrogen and oxygen atoms in total. The second-order valence-electron chi connectivity index (χ2n) is 4.47.